The van der Waals surface area contributed by atoms with E-state index in [-0.39, 0.29) is 12.8 Å². The number of carbonyl (C=O) groups excluding carboxylic acids is 1. The van der Waals surface area contributed by atoms with E-state index < -0.39 is 40.7 Å². The molecule has 1 fully saturated rings. The molecule has 0 bridgehead atoms. The molecule has 0 saturated heterocycles. The van der Waals surface area contributed by atoms with Crippen LogP contribution in [0.1, 0.15) is 39.7 Å². The van der Waals surface area contributed by atoms with Crippen molar-refractivity contribution in [1.82, 2.24) is 15.0 Å². The van der Waals surface area contributed by atoms with E-state index in [9.17, 15) is 24.3 Å². The van der Waals surface area contributed by atoms with Crippen molar-refractivity contribution in [3.63, 3.8) is 0 Å². The molecule has 1 aromatic heterocycles. The van der Waals surface area contributed by atoms with Gasteiger partial charge in [-0.3, -0.25) is 0 Å². The molecule has 0 aliphatic heterocycles. The molecule has 0 spiro atoms. The molecule has 3 N–H and O–H groups in total. The smallest absolute Gasteiger partial charge is 0.440 e. The molecule has 1 aliphatic rings. The Morgan fingerprint density at radius 2 is 2.00 bits per heavy atom. The van der Waals surface area contributed by atoms with Gasteiger partial charge in [-0.05, 0) is 20.8 Å². The fraction of sp³-hybridized carbons (Fsp3) is 0.667. The fourth-order valence-corrected chi connectivity index (χ4v) is 2.28. The average Bonchev–Trinajstić information content (AvgIpc) is 2.59. The van der Waals surface area contributed by atoms with Gasteiger partial charge in [0.05, 0.1) is 6.04 Å². The van der Waals surface area contributed by atoms with Gasteiger partial charge in [-0.2, -0.15) is 0 Å². The summed E-state index contributed by atoms with van der Waals surface area (Å²) >= 11 is 0. The van der Waals surface area contributed by atoms with Gasteiger partial charge in [0.25, 0.3) is 0 Å². The van der Waals surface area contributed by atoms with Crippen LogP contribution in [0.4, 0.5) is 4.79 Å². The molecular weight excluding hydrogens is 298 g/mol. The first-order chi connectivity index (χ1) is 10.0. The number of nitrogens with zero attached hydrogens (tertiary/aromatic N) is 1. The van der Waals surface area contributed by atoms with Crippen molar-refractivity contribution >= 4 is 12.1 Å². The summed E-state index contributed by atoms with van der Waals surface area (Å²) in [5.41, 5.74) is -3.08. The number of aliphatic carboxylic acids is 1. The van der Waals surface area contributed by atoms with Crippen molar-refractivity contribution in [3.8, 4) is 0 Å². The van der Waals surface area contributed by atoms with Crippen LogP contribution >= 0.6 is 0 Å². The van der Waals surface area contributed by atoms with E-state index in [0.29, 0.717) is 0 Å². The topological polar surface area (TPSA) is 144 Å². The highest BCUT2D eigenvalue weighted by atomic mass is 16.6. The maximum Gasteiger partial charge on any atom is 0.440 e. The number of carbonyl (C=O) groups is 2. The Hall–Kier alpha value is -2.52. The molecule has 0 radical (unpaired) electrons. The van der Waals surface area contributed by atoms with E-state index in [4.69, 9.17) is 4.74 Å². The van der Waals surface area contributed by atoms with Crippen molar-refractivity contribution in [2.75, 3.05) is 0 Å². The number of hydrogen-bond donors (Lipinski definition) is 3. The van der Waals surface area contributed by atoms with Crippen LogP contribution < -0.4 is 16.8 Å². The number of carboxylic acids is 1. The number of hydrogen-bond acceptors (Lipinski definition) is 6. The summed E-state index contributed by atoms with van der Waals surface area (Å²) in [5, 5.41) is 11.6. The van der Waals surface area contributed by atoms with E-state index in [1.807, 2.05) is 4.98 Å². The Kier molecular flexibility index (Phi) is 3.63. The lowest BCUT2D eigenvalue weighted by molar-refractivity contribution is -0.152. The van der Waals surface area contributed by atoms with Crippen LogP contribution in [0.3, 0.4) is 0 Å². The van der Waals surface area contributed by atoms with Gasteiger partial charge >= 0.3 is 23.5 Å². The quantitative estimate of drug-likeness (QED) is 0.701. The molecule has 0 aromatic carbocycles. The van der Waals surface area contributed by atoms with E-state index in [0.717, 1.165) is 4.74 Å². The predicted octanol–water partition coefficient (Wildman–Crippen LogP) is -0.187. The molecule has 0 unspecified atom stereocenters. The number of aromatic nitrogens is 2. The molecule has 10 heteroatoms. The minimum atomic E-state index is -1.55. The van der Waals surface area contributed by atoms with Crippen LogP contribution in [-0.2, 0) is 9.53 Å². The van der Waals surface area contributed by atoms with Crippen molar-refractivity contribution in [2.24, 2.45) is 0 Å². The van der Waals surface area contributed by atoms with E-state index >= 15 is 0 Å². The minimum Gasteiger partial charge on any atom is -0.480 e. The standard InChI is InChI=1S/C12H17N3O7/c1-11(2,3)21-10(20)14-12(7(16)17)4-6(5-12)15-8(18)13-9(19)22-15/h6H,4-5H2,1-3H3,(H,14,20)(H,16,17)(H,13,18,19). The number of nitrogens with one attached hydrogen (secondary N) is 2. The van der Waals surface area contributed by atoms with Crippen LogP contribution in [0.2, 0.25) is 0 Å². The number of amides is 1. The highest BCUT2D eigenvalue weighted by Crippen LogP contribution is 2.41. The van der Waals surface area contributed by atoms with Gasteiger partial charge in [0.1, 0.15) is 11.1 Å². The Bertz CT molecular complexity index is 699. The van der Waals surface area contributed by atoms with E-state index in [1.165, 1.54) is 0 Å². The first-order valence-corrected chi connectivity index (χ1v) is 6.59. The number of ether oxygens (including phenoxy) is 1. The van der Waals surface area contributed by atoms with Crippen molar-refractivity contribution < 1.29 is 24.0 Å². The van der Waals surface area contributed by atoms with E-state index in [1.54, 1.807) is 20.8 Å². The van der Waals surface area contributed by atoms with Gasteiger partial charge in [-0.15, -0.1) is 4.74 Å². The Labute approximate surface area is 124 Å². The normalized spacial score (nSPS) is 24.4. The van der Waals surface area contributed by atoms with Crippen LogP contribution in [0.15, 0.2) is 14.1 Å². The van der Waals surface area contributed by atoms with Gasteiger partial charge in [-0.1, -0.05) is 0 Å². The Morgan fingerprint density at radius 1 is 1.41 bits per heavy atom. The first-order valence-electron chi connectivity index (χ1n) is 6.59. The fourth-order valence-electron chi connectivity index (χ4n) is 2.28. The van der Waals surface area contributed by atoms with Crippen molar-refractivity contribution in [2.45, 2.75) is 50.8 Å². The summed E-state index contributed by atoms with van der Waals surface area (Å²) in [6, 6.07) is -0.627. The van der Waals surface area contributed by atoms with Gasteiger partial charge in [0.15, 0.2) is 0 Å². The van der Waals surface area contributed by atoms with Crippen LogP contribution in [0.5, 0.6) is 0 Å². The number of rotatable bonds is 3. The largest absolute Gasteiger partial charge is 0.480 e. The number of alkyl carbamates (subject to hydrolysis) is 1. The minimum absolute atomic E-state index is 0.0950. The highest BCUT2D eigenvalue weighted by Gasteiger charge is 2.54. The van der Waals surface area contributed by atoms with Gasteiger partial charge in [0.2, 0.25) is 0 Å². The number of aromatic amines is 1. The molecular formula is C12H17N3O7. The molecule has 122 valence electrons. The first kappa shape index (κ1) is 15.9. The zero-order valence-electron chi connectivity index (χ0n) is 12.3. The monoisotopic (exact) mass is 315 g/mol. The Balaban J connectivity index is 2.10. The Morgan fingerprint density at radius 3 is 2.41 bits per heavy atom. The molecule has 1 aliphatic carbocycles. The molecule has 1 aromatic rings. The summed E-state index contributed by atoms with van der Waals surface area (Å²) in [7, 11) is 0. The zero-order valence-corrected chi connectivity index (χ0v) is 12.3. The second-order valence-corrected chi connectivity index (χ2v) is 6.21. The lowest BCUT2D eigenvalue weighted by Crippen LogP contribution is -2.63. The van der Waals surface area contributed by atoms with Crippen molar-refractivity contribution in [3.05, 3.63) is 21.0 Å². The van der Waals surface area contributed by atoms with E-state index in [2.05, 4.69) is 9.84 Å². The third-order valence-corrected chi connectivity index (χ3v) is 3.24. The summed E-state index contributed by atoms with van der Waals surface area (Å²) in [5.74, 6) is -2.17. The van der Waals surface area contributed by atoms with Crippen LogP contribution in [0, 0.1) is 0 Å². The van der Waals surface area contributed by atoms with Gasteiger partial charge < -0.3 is 19.7 Å². The van der Waals surface area contributed by atoms with Gasteiger partial charge in [0, 0.05) is 12.8 Å². The third kappa shape index (κ3) is 3.05. The maximum absolute atomic E-state index is 11.7. The summed E-state index contributed by atoms with van der Waals surface area (Å²) in [6.07, 6.45) is -1.05. The molecule has 1 heterocycles. The van der Waals surface area contributed by atoms with Crippen molar-refractivity contribution in [1.29, 1.82) is 0 Å². The lowest BCUT2D eigenvalue weighted by Gasteiger charge is -2.43. The van der Waals surface area contributed by atoms with Crippen LogP contribution in [-0.4, -0.2) is 38.0 Å². The lowest BCUT2D eigenvalue weighted by atomic mass is 9.72. The molecule has 22 heavy (non-hydrogen) atoms. The van der Waals surface area contributed by atoms with Gasteiger partial charge in [-0.25, -0.2) is 24.2 Å². The summed E-state index contributed by atoms with van der Waals surface area (Å²) in [4.78, 5) is 47.4. The predicted molar refractivity (Wildman–Crippen MR) is 71.6 cm³/mol. The summed E-state index contributed by atoms with van der Waals surface area (Å²) in [6.45, 7) is 4.95. The average molecular weight is 315 g/mol. The van der Waals surface area contributed by atoms with Crippen LogP contribution in [0.25, 0.3) is 0 Å². The SMILES string of the molecule is CC(C)(C)OC(=O)NC1(C(=O)O)CC(n2oc(=O)[nH]c2=O)C1. The second kappa shape index (κ2) is 5.04. The highest BCUT2D eigenvalue weighted by molar-refractivity contribution is 5.85. The summed E-state index contributed by atoms with van der Waals surface area (Å²) < 4.78 is 10.4. The molecule has 10 nitrogen and oxygen atoms in total. The molecule has 0 atom stereocenters. The second-order valence-electron chi connectivity index (χ2n) is 6.21. The maximum atomic E-state index is 11.7. The molecule has 1 amide bonds. The molecule has 2 rings (SSSR count). The zero-order chi connectivity index (χ0) is 16.7. The molecule has 1 saturated carbocycles. The number of H-pyrrole nitrogens is 1. The third-order valence-electron chi connectivity index (χ3n) is 3.24. The number of carboxylic acid groups (broad SMARTS) is 1.